The van der Waals surface area contributed by atoms with Crippen molar-refractivity contribution in [3.05, 3.63) is 30.1 Å². The summed E-state index contributed by atoms with van der Waals surface area (Å²) in [7, 11) is 1.66. The highest BCUT2D eigenvalue weighted by Crippen LogP contribution is 2.50. The van der Waals surface area contributed by atoms with Crippen LogP contribution < -0.4 is 5.32 Å². The first-order valence-electron chi connectivity index (χ1n) is 7.58. The topological polar surface area (TPSA) is 61.8 Å². The molecule has 2 amide bonds. The van der Waals surface area contributed by atoms with E-state index in [4.69, 9.17) is 4.74 Å². The van der Waals surface area contributed by atoms with E-state index in [9.17, 15) is 14.3 Å². The predicted molar refractivity (Wildman–Crippen MR) is 80.1 cm³/mol. The SMILES string of the molecule is CO[C@H]1C[C@@H](O)C12CCN(C(=O)Nc1ccccc1F)CC2. The second-order valence-electron chi connectivity index (χ2n) is 6.11. The summed E-state index contributed by atoms with van der Waals surface area (Å²) >= 11 is 0. The summed E-state index contributed by atoms with van der Waals surface area (Å²) in [4.78, 5) is 13.9. The first kappa shape index (κ1) is 15.2. The monoisotopic (exact) mass is 308 g/mol. The number of hydrogen-bond donors (Lipinski definition) is 2. The molecule has 0 unspecified atom stereocenters. The zero-order valence-electron chi connectivity index (χ0n) is 12.6. The van der Waals surface area contributed by atoms with Gasteiger partial charge in [-0.05, 0) is 25.0 Å². The van der Waals surface area contributed by atoms with Crippen molar-refractivity contribution >= 4 is 11.7 Å². The van der Waals surface area contributed by atoms with Crippen molar-refractivity contribution in [2.45, 2.75) is 31.5 Å². The maximum atomic E-state index is 13.6. The van der Waals surface area contributed by atoms with Crippen molar-refractivity contribution < 1.29 is 19.0 Å². The number of methoxy groups -OCH3 is 1. The summed E-state index contributed by atoms with van der Waals surface area (Å²) in [5, 5.41) is 12.7. The van der Waals surface area contributed by atoms with Crippen molar-refractivity contribution in [3.63, 3.8) is 0 Å². The molecule has 1 aliphatic heterocycles. The van der Waals surface area contributed by atoms with Gasteiger partial charge in [-0.3, -0.25) is 0 Å². The zero-order chi connectivity index (χ0) is 15.7. The fourth-order valence-electron chi connectivity index (χ4n) is 3.60. The van der Waals surface area contributed by atoms with Crippen molar-refractivity contribution in [1.82, 2.24) is 4.90 Å². The number of ether oxygens (including phenoxy) is 1. The summed E-state index contributed by atoms with van der Waals surface area (Å²) in [6.45, 7) is 1.08. The molecule has 5 nitrogen and oxygen atoms in total. The summed E-state index contributed by atoms with van der Waals surface area (Å²) in [6.07, 6.45) is 1.79. The van der Waals surface area contributed by atoms with Gasteiger partial charge in [0.2, 0.25) is 0 Å². The van der Waals surface area contributed by atoms with Crippen LogP contribution in [0, 0.1) is 11.2 Å². The van der Waals surface area contributed by atoms with Crippen molar-refractivity contribution in [1.29, 1.82) is 0 Å². The van der Waals surface area contributed by atoms with Crippen LogP contribution in [0.25, 0.3) is 0 Å². The van der Waals surface area contributed by atoms with Crippen LogP contribution in [-0.4, -0.2) is 48.4 Å². The van der Waals surface area contributed by atoms with Gasteiger partial charge in [0.05, 0.1) is 17.9 Å². The lowest BCUT2D eigenvalue weighted by atomic mass is 9.58. The number of urea groups is 1. The highest BCUT2D eigenvalue weighted by atomic mass is 19.1. The molecule has 1 heterocycles. The maximum absolute atomic E-state index is 13.6. The number of nitrogens with zero attached hydrogens (tertiary/aromatic N) is 1. The van der Waals surface area contributed by atoms with E-state index >= 15 is 0 Å². The lowest BCUT2D eigenvalue weighted by Crippen LogP contribution is -2.62. The van der Waals surface area contributed by atoms with E-state index in [1.165, 1.54) is 12.1 Å². The van der Waals surface area contributed by atoms with Crippen molar-refractivity contribution in [2.24, 2.45) is 5.41 Å². The Kier molecular flexibility index (Phi) is 4.06. The van der Waals surface area contributed by atoms with Gasteiger partial charge >= 0.3 is 6.03 Å². The molecule has 2 N–H and O–H groups in total. The van der Waals surface area contributed by atoms with Gasteiger partial charge in [-0.2, -0.15) is 0 Å². The Bertz CT molecular complexity index is 558. The summed E-state index contributed by atoms with van der Waals surface area (Å²) in [5.74, 6) is -0.446. The number of aliphatic hydroxyl groups is 1. The van der Waals surface area contributed by atoms with Crippen LogP contribution in [0.4, 0.5) is 14.9 Å². The molecule has 1 aromatic carbocycles. The Morgan fingerprint density at radius 2 is 2.09 bits per heavy atom. The van der Waals surface area contributed by atoms with Crippen LogP contribution >= 0.6 is 0 Å². The average Bonchev–Trinajstić information content (AvgIpc) is 2.54. The van der Waals surface area contributed by atoms with Crippen LogP contribution in [0.1, 0.15) is 19.3 Å². The Morgan fingerprint density at radius 1 is 1.41 bits per heavy atom. The standard InChI is InChI=1S/C16H21FN2O3/c1-22-14-10-13(20)16(14)6-8-19(9-7-16)15(21)18-12-5-3-2-4-11(12)17/h2-5,13-14,20H,6-10H2,1H3,(H,18,21)/t13-,14+/m1/s1. The molecule has 3 rings (SSSR count). The second kappa shape index (κ2) is 5.85. The molecular weight excluding hydrogens is 287 g/mol. The number of anilines is 1. The lowest BCUT2D eigenvalue weighted by molar-refractivity contribution is -0.198. The summed E-state index contributed by atoms with van der Waals surface area (Å²) in [5.41, 5.74) is -0.0324. The number of hydrogen-bond acceptors (Lipinski definition) is 3. The number of halogens is 1. The molecular formula is C16H21FN2O3. The molecule has 1 saturated carbocycles. The molecule has 22 heavy (non-hydrogen) atoms. The van der Waals surface area contributed by atoms with E-state index in [2.05, 4.69) is 5.32 Å². The van der Waals surface area contributed by atoms with Crippen molar-refractivity contribution in [2.75, 3.05) is 25.5 Å². The lowest BCUT2D eigenvalue weighted by Gasteiger charge is -2.56. The molecule has 120 valence electrons. The van der Waals surface area contributed by atoms with Crippen LogP contribution in [-0.2, 0) is 4.74 Å². The molecule has 1 spiro atoms. The van der Waals surface area contributed by atoms with Crippen LogP contribution in [0.2, 0.25) is 0 Å². The molecule has 0 radical (unpaired) electrons. The molecule has 6 heteroatoms. The zero-order valence-corrected chi connectivity index (χ0v) is 12.6. The average molecular weight is 308 g/mol. The maximum Gasteiger partial charge on any atom is 0.321 e. The van der Waals surface area contributed by atoms with Gasteiger partial charge in [0.1, 0.15) is 5.82 Å². The minimum atomic E-state index is -0.446. The van der Waals surface area contributed by atoms with E-state index in [0.29, 0.717) is 32.4 Å². The number of carbonyl (C=O) groups is 1. The van der Waals surface area contributed by atoms with E-state index in [1.54, 1.807) is 24.1 Å². The number of rotatable bonds is 2. The normalized spacial score (nSPS) is 26.6. The van der Waals surface area contributed by atoms with Gasteiger partial charge in [0, 0.05) is 32.0 Å². The van der Waals surface area contributed by atoms with E-state index in [-0.39, 0.29) is 29.3 Å². The van der Waals surface area contributed by atoms with E-state index in [1.807, 2.05) is 0 Å². The van der Waals surface area contributed by atoms with Gasteiger partial charge in [-0.15, -0.1) is 0 Å². The summed E-state index contributed by atoms with van der Waals surface area (Å²) < 4.78 is 19.0. The van der Waals surface area contributed by atoms with Crippen molar-refractivity contribution in [3.8, 4) is 0 Å². The predicted octanol–water partition coefficient (Wildman–Crippen LogP) is 2.22. The minimum Gasteiger partial charge on any atom is -0.392 e. The Hall–Kier alpha value is -1.66. The Labute approximate surface area is 129 Å². The third kappa shape index (κ3) is 2.46. The number of aliphatic hydroxyl groups excluding tert-OH is 1. The van der Waals surface area contributed by atoms with Crippen LogP contribution in [0.3, 0.4) is 0 Å². The minimum absolute atomic E-state index is 0.0688. The van der Waals surface area contributed by atoms with Gasteiger partial charge in [-0.1, -0.05) is 12.1 Å². The molecule has 1 saturated heterocycles. The largest absolute Gasteiger partial charge is 0.392 e. The highest BCUT2D eigenvalue weighted by molar-refractivity contribution is 5.89. The van der Waals surface area contributed by atoms with Gasteiger partial charge < -0.3 is 20.1 Å². The Balaban J connectivity index is 1.60. The number of piperidine rings is 1. The van der Waals surface area contributed by atoms with Gasteiger partial charge in [0.15, 0.2) is 0 Å². The number of para-hydroxylation sites is 1. The Morgan fingerprint density at radius 3 is 2.68 bits per heavy atom. The third-order valence-electron chi connectivity index (χ3n) is 5.12. The molecule has 2 aliphatic rings. The number of likely N-dealkylation sites (tertiary alicyclic amines) is 1. The summed E-state index contributed by atoms with van der Waals surface area (Å²) in [6, 6.07) is 5.81. The smallest absolute Gasteiger partial charge is 0.321 e. The molecule has 1 aliphatic carbocycles. The fraction of sp³-hybridized carbons (Fsp3) is 0.562. The number of benzene rings is 1. The molecule has 1 aromatic rings. The van der Waals surface area contributed by atoms with Gasteiger partial charge in [0.25, 0.3) is 0 Å². The fourth-order valence-corrected chi connectivity index (χ4v) is 3.60. The van der Waals surface area contributed by atoms with Crippen LogP contribution in [0.15, 0.2) is 24.3 Å². The molecule has 2 atom stereocenters. The van der Waals surface area contributed by atoms with E-state index < -0.39 is 5.82 Å². The number of nitrogens with one attached hydrogen (secondary N) is 1. The van der Waals surface area contributed by atoms with Gasteiger partial charge in [-0.25, -0.2) is 9.18 Å². The number of carbonyl (C=O) groups excluding carboxylic acids is 1. The second-order valence-corrected chi connectivity index (χ2v) is 6.11. The third-order valence-corrected chi connectivity index (χ3v) is 5.12. The quantitative estimate of drug-likeness (QED) is 0.880. The molecule has 2 fully saturated rings. The number of amides is 2. The van der Waals surface area contributed by atoms with Crippen LogP contribution in [0.5, 0.6) is 0 Å². The highest BCUT2D eigenvalue weighted by Gasteiger charge is 2.56. The molecule has 0 bridgehead atoms. The molecule has 0 aromatic heterocycles. The van der Waals surface area contributed by atoms with E-state index in [0.717, 1.165) is 0 Å². The first-order chi connectivity index (χ1) is 10.6. The first-order valence-corrected chi connectivity index (χ1v) is 7.58.